The SMILES string of the molecule is Cc1cccc(Cc2cc3ccc(C(=O)NO)cc3[nH]2)c1. The van der Waals surface area contributed by atoms with Crippen LogP contribution in [0, 0.1) is 6.92 Å². The molecule has 0 spiro atoms. The van der Waals surface area contributed by atoms with Crippen LogP contribution in [0.3, 0.4) is 0 Å². The van der Waals surface area contributed by atoms with Crippen LogP contribution in [-0.4, -0.2) is 16.1 Å². The Balaban J connectivity index is 1.92. The molecule has 0 saturated carbocycles. The summed E-state index contributed by atoms with van der Waals surface area (Å²) < 4.78 is 0. The van der Waals surface area contributed by atoms with Crippen LogP contribution in [0.4, 0.5) is 0 Å². The highest BCUT2D eigenvalue weighted by molar-refractivity contribution is 5.97. The predicted molar refractivity (Wildman–Crippen MR) is 81.5 cm³/mol. The number of aromatic amines is 1. The van der Waals surface area contributed by atoms with Crippen LogP contribution >= 0.6 is 0 Å². The second-order valence-electron chi connectivity index (χ2n) is 5.20. The number of aryl methyl sites for hydroxylation is 1. The summed E-state index contributed by atoms with van der Waals surface area (Å²) in [5.41, 5.74) is 6.54. The van der Waals surface area contributed by atoms with Gasteiger partial charge in [-0.15, -0.1) is 0 Å². The number of carbonyl (C=O) groups excluding carboxylic acids is 1. The molecule has 0 atom stereocenters. The topological polar surface area (TPSA) is 65.1 Å². The molecule has 0 aliphatic heterocycles. The van der Waals surface area contributed by atoms with Gasteiger partial charge in [-0.1, -0.05) is 35.9 Å². The molecule has 0 fully saturated rings. The van der Waals surface area contributed by atoms with E-state index in [1.54, 1.807) is 17.6 Å². The maximum absolute atomic E-state index is 11.4. The third-order valence-corrected chi connectivity index (χ3v) is 3.52. The molecule has 4 heteroatoms. The monoisotopic (exact) mass is 280 g/mol. The smallest absolute Gasteiger partial charge is 0.274 e. The summed E-state index contributed by atoms with van der Waals surface area (Å²) in [7, 11) is 0. The minimum Gasteiger partial charge on any atom is -0.358 e. The number of nitrogens with one attached hydrogen (secondary N) is 2. The van der Waals surface area contributed by atoms with Crippen molar-refractivity contribution in [1.29, 1.82) is 0 Å². The fourth-order valence-electron chi connectivity index (χ4n) is 2.53. The van der Waals surface area contributed by atoms with Crippen molar-refractivity contribution in [2.24, 2.45) is 0 Å². The van der Waals surface area contributed by atoms with Crippen LogP contribution in [0.15, 0.2) is 48.5 Å². The highest BCUT2D eigenvalue weighted by Gasteiger charge is 2.07. The first-order valence-electron chi connectivity index (χ1n) is 6.77. The van der Waals surface area contributed by atoms with Crippen molar-refractivity contribution < 1.29 is 10.0 Å². The molecular weight excluding hydrogens is 264 g/mol. The van der Waals surface area contributed by atoms with Gasteiger partial charge in [-0.25, -0.2) is 5.48 Å². The van der Waals surface area contributed by atoms with Gasteiger partial charge in [-0.3, -0.25) is 10.0 Å². The molecule has 4 nitrogen and oxygen atoms in total. The first-order chi connectivity index (χ1) is 10.2. The molecule has 0 bridgehead atoms. The number of H-pyrrole nitrogens is 1. The van der Waals surface area contributed by atoms with E-state index in [4.69, 9.17) is 5.21 Å². The van der Waals surface area contributed by atoms with Gasteiger partial charge in [-0.2, -0.15) is 0 Å². The highest BCUT2D eigenvalue weighted by atomic mass is 16.5. The standard InChI is InChI=1S/C17H16N2O2/c1-11-3-2-4-12(7-11)8-15-9-13-5-6-14(17(20)19-21)10-16(13)18-15/h2-7,9-10,18,21H,8H2,1H3,(H,19,20). The van der Waals surface area contributed by atoms with Gasteiger partial charge in [0.1, 0.15) is 0 Å². The van der Waals surface area contributed by atoms with E-state index < -0.39 is 5.91 Å². The summed E-state index contributed by atoms with van der Waals surface area (Å²) in [4.78, 5) is 14.7. The molecule has 3 aromatic rings. The van der Waals surface area contributed by atoms with Crippen LogP contribution < -0.4 is 5.48 Å². The maximum atomic E-state index is 11.4. The molecule has 1 aromatic heterocycles. The fourth-order valence-corrected chi connectivity index (χ4v) is 2.53. The maximum Gasteiger partial charge on any atom is 0.274 e. The summed E-state index contributed by atoms with van der Waals surface area (Å²) in [6, 6.07) is 15.8. The molecule has 2 aromatic carbocycles. The van der Waals surface area contributed by atoms with Gasteiger partial charge < -0.3 is 4.98 Å². The van der Waals surface area contributed by atoms with Crippen molar-refractivity contribution in [3.63, 3.8) is 0 Å². The molecule has 1 amide bonds. The molecule has 0 radical (unpaired) electrons. The molecule has 106 valence electrons. The quantitative estimate of drug-likeness (QED) is 0.509. The molecule has 3 rings (SSSR count). The summed E-state index contributed by atoms with van der Waals surface area (Å²) in [6.07, 6.45) is 0.817. The summed E-state index contributed by atoms with van der Waals surface area (Å²) >= 11 is 0. The largest absolute Gasteiger partial charge is 0.358 e. The zero-order valence-corrected chi connectivity index (χ0v) is 11.7. The van der Waals surface area contributed by atoms with Crippen LogP contribution in [-0.2, 0) is 6.42 Å². The number of aromatic nitrogens is 1. The molecular formula is C17H16N2O2. The Bertz CT molecular complexity index is 805. The van der Waals surface area contributed by atoms with E-state index in [1.165, 1.54) is 11.1 Å². The van der Waals surface area contributed by atoms with E-state index in [1.807, 2.05) is 6.07 Å². The number of fused-ring (bicyclic) bond motifs is 1. The number of rotatable bonds is 3. The fraction of sp³-hybridized carbons (Fsp3) is 0.118. The van der Waals surface area contributed by atoms with Crippen LogP contribution in [0.1, 0.15) is 27.2 Å². The van der Waals surface area contributed by atoms with Crippen molar-refractivity contribution in [2.75, 3.05) is 0 Å². The molecule has 21 heavy (non-hydrogen) atoms. The predicted octanol–water partition coefficient (Wildman–Crippen LogP) is 3.19. The van der Waals surface area contributed by atoms with E-state index in [2.05, 4.69) is 42.2 Å². The van der Waals surface area contributed by atoms with Gasteiger partial charge in [0.25, 0.3) is 5.91 Å². The summed E-state index contributed by atoms with van der Waals surface area (Å²) in [5.74, 6) is -0.508. The second kappa shape index (κ2) is 5.42. The van der Waals surface area contributed by atoms with E-state index in [0.717, 1.165) is 23.0 Å². The lowest BCUT2D eigenvalue weighted by molar-refractivity contribution is 0.0706. The Hall–Kier alpha value is -2.59. The van der Waals surface area contributed by atoms with Crippen molar-refractivity contribution in [2.45, 2.75) is 13.3 Å². The molecule has 1 heterocycles. The van der Waals surface area contributed by atoms with Gasteiger partial charge in [0.2, 0.25) is 0 Å². The van der Waals surface area contributed by atoms with Gasteiger partial charge in [0, 0.05) is 23.2 Å². The van der Waals surface area contributed by atoms with Crippen molar-refractivity contribution in [1.82, 2.24) is 10.5 Å². The third kappa shape index (κ3) is 2.80. The van der Waals surface area contributed by atoms with E-state index in [-0.39, 0.29) is 0 Å². The van der Waals surface area contributed by atoms with Crippen LogP contribution in [0.25, 0.3) is 10.9 Å². The van der Waals surface area contributed by atoms with Gasteiger partial charge >= 0.3 is 0 Å². The van der Waals surface area contributed by atoms with Crippen molar-refractivity contribution in [3.05, 3.63) is 70.9 Å². The minimum absolute atomic E-state index is 0.425. The zero-order chi connectivity index (χ0) is 14.8. The van der Waals surface area contributed by atoms with Gasteiger partial charge in [0.15, 0.2) is 0 Å². The molecule has 0 aliphatic rings. The Labute approximate surface area is 122 Å². The second-order valence-corrected chi connectivity index (χ2v) is 5.20. The Morgan fingerprint density at radius 3 is 2.81 bits per heavy atom. The summed E-state index contributed by atoms with van der Waals surface area (Å²) in [5, 5.41) is 9.72. The molecule has 0 unspecified atom stereocenters. The van der Waals surface area contributed by atoms with Crippen molar-refractivity contribution in [3.8, 4) is 0 Å². The molecule has 3 N–H and O–H groups in total. The third-order valence-electron chi connectivity index (χ3n) is 3.52. The zero-order valence-electron chi connectivity index (χ0n) is 11.7. The average molecular weight is 280 g/mol. The normalized spacial score (nSPS) is 10.8. The van der Waals surface area contributed by atoms with E-state index in [0.29, 0.717) is 5.56 Å². The minimum atomic E-state index is -0.508. The number of hydrogen-bond acceptors (Lipinski definition) is 2. The number of benzene rings is 2. The first-order valence-corrected chi connectivity index (χ1v) is 6.77. The number of carbonyl (C=O) groups is 1. The lowest BCUT2D eigenvalue weighted by Crippen LogP contribution is -2.18. The Morgan fingerprint density at radius 2 is 2.05 bits per heavy atom. The average Bonchev–Trinajstić information content (AvgIpc) is 2.87. The van der Waals surface area contributed by atoms with E-state index in [9.17, 15) is 4.79 Å². The lowest BCUT2D eigenvalue weighted by atomic mass is 10.1. The molecule has 0 saturated heterocycles. The lowest BCUT2D eigenvalue weighted by Gasteiger charge is -2.00. The Morgan fingerprint density at radius 1 is 1.19 bits per heavy atom. The van der Waals surface area contributed by atoms with Gasteiger partial charge in [0.05, 0.1) is 0 Å². The van der Waals surface area contributed by atoms with E-state index >= 15 is 0 Å². The van der Waals surface area contributed by atoms with Crippen LogP contribution in [0.2, 0.25) is 0 Å². The summed E-state index contributed by atoms with van der Waals surface area (Å²) in [6.45, 7) is 2.08. The highest BCUT2D eigenvalue weighted by Crippen LogP contribution is 2.19. The Kier molecular flexibility index (Phi) is 3.46. The molecule has 0 aliphatic carbocycles. The number of amides is 1. The first kappa shape index (κ1) is 13.4. The van der Waals surface area contributed by atoms with Gasteiger partial charge in [-0.05, 0) is 36.1 Å². The number of hydroxylamine groups is 1. The number of hydrogen-bond donors (Lipinski definition) is 3. The van der Waals surface area contributed by atoms with Crippen LogP contribution in [0.5, 0.6) is 0 Å². The van der Waals surface area contributed by atoms with Crippen molar-refractivity contribution >= 4 is 16.8 Å².